The first kappa shape index (κ1) is 15.2. The lowest BCUT2D eigenvalue weighted by Crippen LogP contribution is -2.09. The van der Waals surface area contributed by atoms with Gasteiger partial charge in [0, 0.05) is 11.3 Å². The SMILES string of the molecule is COc1ccc(OC)c(C(C)Nc2cc(C)cc(F)c2)c1. The molecule has 1 unspecified atom stereocenters. The van der Waals surface area contributed by atoms with Gasteiger partial charge < -0.3 is 14.8 Å². The van der Waals surface area contributed by atoms with Gasteiger partial charge in [0.2, 0.25) is 0 Å². The molecular weight excluding hydrogens is 269 g/mol. The van der Waals surface area contributed by atoms with Crippen molar-refractivity contribution >= 4 is 5.69 Å². The molecule has 0 saturated heterocycles. The summed E-state index contributed by atoms with van der Waals surface area (Å²) in [4.78, 5) is 0. The van der Waals surface area contributed by atoms with E-state index in [2.05, 4.69) is 5.32 Å². The van der Waals surface area contributed by atoms with Crippen molar-refractivity contribution in [1.29, 1.82) is 0 Å². The molecule has 3 nitrogen and oxygen atoms in total. The van der Waals surface area contributed by atoms with Crippen molar-refractivity contribution in [3.05, 3.63) is 53.3 Å². The van der Waals surface area contributed by atoms with Gasteiger partial charge in [-0.2, -0.15) is 0 Å². The number of ether oxygens (including phenoxy) is 2. The van der Waals surface area contributed by atoms with Crippen LogP contribution in [0.5, 0.6) is 11.5 Å². The van der Waals surface area contributed by atoms with Crippen LogP contribution in [-0.2, 0) is 0 Å². The summed E-state index contributed by atoms with van der Waals surface area (Å²) < 4.78 is 24.1. The molecule has 2 aromatic rings. The lowest BCUT2D eigenvalue weighted by molar-refractivity contribution is 0.397. The monoisotopic (exact) mass is 289 g/mol. The van der Waals surface area contributed by atoms with Gasteiger partial charge in [-0.25, -0.2) is 4.39 Å². The second-order valence-electron chi connectivity index (χ2n) is 4.99. The molecule has 0 fully saturated rings. The molecule has 0 radical (unpaired) electrons. The van der Waals surface area contributed by atoms with Gasteiger partial charge in [0.05, 0.1) is 20.3 Å². The van der Waals surface area contributed by atoms with E-state index in [0.717, 1.165) is 28.3 Å². The molecule has 4 heteroatoms. The molecule has 0 aromatic heterocycles. The number of hydrogen-bond donors (Lipinski definition) is 1. The van der Waals surface area contributed by atoms with Crippen LogP contribution in [0.3, 0.4) is 0 Å². The molecular formula is C17H20FNO2. The van der Waals surface area contributed by atoms with Crippen LogP contribution in [0.15, 0.2) is 36.4 Å². The Morgan fingerprint density at radius 3 is 2.43 bits per heavy atom. The smallest absolute Gasteiger partial charge is 0.125 e. The minimum atomic E-state index is -0.248. The molecule has 2 aromatic carbocycles. The van der Waals surface area contributed by atoms with E-state index in [0.29, 0.717) is 0 Å². The highest BCUT2D eigenvalue weighted by Crippen LogP contribution is 2.31. The Bertz CT molecular complexity index is 608. The summed E-state index contributed by atoms with van der Waals surface area (Å²) >= 11 is 0. The van der Waals surface area contributed by atoms with E-state index in [1.54, 1.807) is 14.2 Å². The van der Waals surface area contributed by atoms with Crippen LogP contribution < -0.4 is 14.8 Å². The Morgan fingerprint density at radius 2 is 1.81 bits per heavy atom. The van der Waals surface area contributed by atoms with Crippen molar-refractivity contribution in [3.8, 4) is 11.5 Å². The Morgan fingerprint density at radius 1 is 1.05 bits per heavy atom. The molecule has 1 atom stereocenters. The van der Waals surface area contributed by atoms with Gasteiger partial charge in [0.15, 0.2) is 0 Å². The molecule has 0 bridgehead atoms. The van der Waals surface area contributed by atoms with E-state index < -0.39 is 0 Å². The molecule has 2 rings (SSSR count). The Hall–Kier alpha value is -2.23. The van der Waals surface area contributed by atoms with E-state index >= 15 is 0 Å². The fourth-order valence-electron chi connectivity index (χ4n) is 2.33. The third kappa shape index (κ3) is 3.66. The fourth-order valence-corrected chi connectivity index (χ4v) is 2.33. The first-order chi connectivity index (χ1) is 10.0. The Kier molecular flexibility index (Phi) is 4.68. The molecule has 0 saturated carbocycles. The molecule has 0 spiro atoms. The number of aryl methyl sites for hydroxylation is 1. The van der Waals surface area contributed by atoms with E-state index in [4.69, 9.17) is 9.47 Å². The predicted octanol–water partition coefficient (Wildman–Crippen LogP) is 4.32. The number of methoxy groups -OCH3 is 2. The zero-order valence-corrected chi connectivity index (χ0v) is 12.7. The number of hydrogen-bond acceptors (Lipinski definition) is 3. The molecule has 0 aliphatic rings. The third-order valence-corrected chi connectivity index (χ3v) is 3.33. The molecule has 1 N–H and O–H groups in total. The fraction of sp³-hybridized carbons (Fsp3) is 0.294. The molecule has 21 heavy (non-hydrogen) atoms. The first-order valence-corrected chi connectivity index (χ1v) is 6.79. The summed E-state index contributed by atoms with van der Waals surface area (Å²) in [5, 5.41) is 3.29. The minimum absolute atomic E-state index is 0.0451. The van der Waals surface area contributed by atoms with Gasteiger partial charge in [-0.1, -0.05) is 0 Å². The van der Waals surface area contributed by atoms with E-state index in [1.807, 2.05) is 38.1 Å². The van der Waals surface area contributed by atoms with Crippen molar-refractivity contribution in [2.75, 3.05) is 19.5 Å². The first-order valence-electron chi connectivity index (χ1n) is 6.79. The predicted molar refractivity (Wildman–Crippen MR) is 82.7 cm³/mol. The van der Waals surface area contributed by atoms with Crippen LogP contribution in [-0.4, -0.2) is 14.2 Å². The average molecular weight is 289 g/mol. The molecule has 0 aliphatic heterocycles. The van der Waals surface area contributed by atoms with Crippen LogP contribution in [0, 0.1) is 12.7 Å². The van der Waals surface area contributed by atoms with Gasteiger partial charge in [0.1, 0.15) is 17.3 Å². The van der Waals surface area contributed by atoms with Crippen LogP contribution in [0.25, 0.3) is 0 Å². The van der Waals surface area contributed by atoms with Crippen molar-refractivity contribution in [2.24, 2.45) is 0 Å². The lowest BCUT2D eigenvalue weighted by Gasteiger charge is -2.19. The third-order valence-electron chi connectivity index (χ3n) is 3.33. The lowest BCUT2D eigenvalue weighted by atomic mass is 10.1. The van der Waals surface area contributed by atoms with E-state index in [-0.39, 0.29) is 11.9 Å². The van der Waals surface area contributed by atoms with Crippen LogP contribution in [0.1, 0.15) is 24.1 Å². The number of nitrogens with one attached hydrogen (secondary N) is 1. The highest BCUT2D eigenvalue weighted by atomic mass is 19.1. The summed E-state index contributed by atoms with van der Waals surface area (Å²) in [6.45, 7) is 3.86. The Labute approximate surface area is 124 Å². The Balaban J connectivity index is 2.28. The molecule has 0 amide bonds. The van der Waals surface area contributed by atoms with Gasteiger partial charge in [-0.05, 0) is 55.8 Å². The van der Waals surface area contributed by atoms with E-state index in [9.17, 15) is 4.39 Å². The van der Waals surface area contributed by atoms with Crippen LogP contribution >= 0.6 is 0 Å². The van der Waals surface area contributed by atoms with Gasteiger partial charge in [0.25, 0.3) is 0 Å². The maximum Gasteiger partial charge on any atom is 0.125 e. The summed E-state index contributed by atoms with van der Waals surface area (Å²) in [5.74, 6) is 1.28. The summed E-state index contributed by atoms with van der Waals surface area (Å²) in [5.41, 5.74) is 2.57. The van der Waals surface area contributed by atoms with Crippen molar-refractivity contribution in [3.63, 3.8) is 0 Å². The topological polar surface area (TPSA) is 30.5 Å². The zero-order chi connectivity index (χ0) is 15.4. The van der Waals surface area contributed by atoms with Crippen molar-refractivity contribution in [2.45, 2.75) is 19.9 Å². The highest BCUT2D eigenvalue weighted by Gasteiger charge is 2.13. The normalized spacial score (nSPS) is 11.9. The second kappa shape index (κ2) is 6.48. The molecule has 0 aliphatic carbocycles. The molecule has 112 valence electrons. The summed E-state index contributed by atoms with van der Waals surface area (Å²) in [6, 6.07) is 10.5. The minimum Gasteiger partial charge on any atom is -0.497 e. The van der Waals surface area contributed by atoms with Gasteiger partial charge in [-0.15, -0.1) is 0 Å². The second-order valence-corrected chi connectivity index (χ2v) is 4.99. The summed E-state index contributed by atoms with van der Waals surface area (Å²) in [6.07, 6.45) is 0. The van der Waals surface area contributed by atoms with Crippen LogP contribution in [0.2, 0.25) is 0 Å². The van der Waals surface area contributed by atoms with E-state index in [1.165, 1.54) is 12.1 Å². The number of halogens is 1. The highest BCUT2D eigenvalue weighted by molar-refractivity contribution is 5.51. The number of benzene rings is 2. The number of anilines is 1. The van der Waals surface area contributed by atoms with Gasteiger partial charge in [-0.3, -0.25) is 0 Å². The van der Waals surface area contributed by atoms with Crippen molar-refractivity contribution in [1.82, 2.24) is 0 Å². The quantitative estimate of drug-likeness (QED) is 0.889. The van der Waals surface area contributed by atoms with Crippen LogP contribution in [0.4, 0.5) is 10.1 Å². The number of rotatable bonds is 5. The zero-order valence-electron chi connectivity index (χ0n) is 12.7. The standard InChI is InChI=1S/C17H20FNO2/c1-11-7-13(18)9-14(8-11)19-12(2)16-10-15(20-3)5-6-17(16)21-4/h5-10,12,19H,1-4H3. The van der Waals surface area contributed by atoms with Gasteiger partial charge >= 0.3 is 0 Å². The maximum atomic E-state index is 13.5. The summed E-state index contributed by atoms with van der Waals surface area (Å²) in [7, 11) is 3.25. The molecule has 0 heterocycles. The largest absolute Gasteiger partial charge is 0.497 e. The average Bonchev–Trinajstić information content (AvgIpc) is 2.45. The van der Waals surface area contributed by atoms with Crippen molar-refractivity contribution < 1.29 is 13.9 Å². The maximum absolute atomic E-state index is 13.5.